The van der Waals surface area contributed by atoms with Gasteiger partial charge in [0.25, 0.3) is 0 Å². The van der Waals surface area contributed by atoms with Crippen molar-refractivity contribution in [3.05, 3.63) is 29.8 Å². The number of carbonyl (C=O) groups excluding carboxylic acids is 2. The van der Waals surface area contributed by atoms with Crippen LogP contribution in [-0.4, -0.2) is 56.5 Å². The van der Waals surface area contributed by atoms with Crippen molar-refractivity contribution in [2.75, 3.05) is 27.7 Å². The number of methoxy groups -OCH3 is 1. The topological polar surface area (TPSA) is 70.7 Å². The molecule has 2 amide bonds. The first-order valence-electron chi connectivity index (χ1n) is 8.86. The van der Waals surface area contributed by atoms with E-state index in [0.29, 0.717) is 31.8 Å². The Morgan fingerprint density at radius 1 is 1.20 bits per heavy atom. The highest BCUT2D eigenvalue weighted by atomic mass is 16.5. The fourth-order valence-corrected chi connectivity index (χ4v) is 3.38. The maximum Gasteiger partial charge on any atom is 0.221 e. The van der Waals surface area contributed by atoms with Crippen molar-refractivity contribution in [3.8, 4) is 5.75 Å². The van der Waals surface area contributed by atoms with Crippen molar-refractivity contribution >= 4 is 11.8 Å². The first-order chi connectivity index (χ1) is 12.0. The van der Waals surface area contributed by atoms with Crippen LogP contribution in [0.2, 0.25) is 0 Å². The molecule has 25 heavy (non-hydrogen) atoms. The van der Waals surface area contributed by atoms with Gasteiger partial charge in [0, 0.05) is 38.5 Å². The van der Waals surface area contributed by atoms with Gasteiger partial charge in [-0.2, -0.15) is 0 Å². The molecule has 0 aliphatic carbocycles. The number of rotatable bonds is 8. The van der Waals surface area contributed by atoms with Gasteiger partial charge >= 0.3 is 0 Å². The van der Waals surface area contributed by atoms with Crippen LogP contribution in [0.25, 0.3) is 0 Å². The largest absolute Gasteiger partial charge is 0.496 e. The van der Waals surface area contributed by atoms with Gasteiger partial charge in [-0.1, -0.05) is 18.2 Å². The van der Waals surface area contributed by atoms with Gasteiger partial charge < -0.3 is 15.4 Å². The second kappa shape index (κ2) is 9.42. The van der Waals surface area contributed by atoms with Gasteiger partial charge in [-0.15, -0.1) is 0 Å². The van der Waals surface area contributed by atoms with E-state index in [1.54, 1.807) is 14.2 Å². The average Bonchev–Trinajstić information content (AvgIpc) is 2.98. The summed E-state index contributed by atoms with van der Waals surface area (Å²) < 4.78 is 5.31. The smallest absolute Gasteiger partial charge is 0.221 e. The van der Waals surface area contributed by atoms with Gasteiger partial charge in [0.15, 0.2) is 0 Å². The summed E-state index contributed by atoms with van der Waals surface area (Å²) in [5, 5.41) is 5.70. The molecule has 1 fully saturated rings. The van der Waals surface area contributed by atoms with E-state index in [1.165, 1.54) is 0 Å². The third-order valence-corrected chi connectivity index (χ3v) is 5.03. The van der Waals surface area contributed by atoms with Crippen LogP contribution in [0.1, 0.15) is 31.2 Å². The molecule has 1 aliphatic rings. The Labute approximate surface area is 149 Å². The molecule has 6 heteroatoms. The molecule has 1 aromatic carbocycles. The highest BCUT2D eigenvalue weighted by Gasteiger charge is 2.31. The number of aryl methyl sites for hydroxylation is 1. The molecule has 0 aromatic heterocycles. The first kappa shape index (κ1) is 19.2. The van der Waals surface area contributed by atoms with Gasteiger partial charge in [0.05, 0.1) is 7.11 Å². The molecule has 2 atom stereocenters. The lowest BCUT2D eigenvalue weighted by Crippen LogP contribution is -2.42. The van der Waals surface area contributed by atoms with Crippen molar-refractivity contribution < 1.29 is 14.3 Å². The maximum atomic E-state index is 12.2. The third kappa shape index (κ3) is 5.46. The number of likely N-dealkylation sites (N-methyl/N-ethyl adjacent to an activating group) is 1. The van der Waals surface area contributed by atoms with E-state index >= 15 is 0 Å². The molecular formula is C19H29N3O3. The summed E-state index contributed by atoms with van der Waals surface area (Å²) in [5.41, 5.74) is 1.05. The predicted octanol–water partition coefficient (Wildman–Crippen LogP) is 1.34. The number of nitrogens with zero attached hydrogens (tertiary/aromatic N) is 1. The van der Waals surface area contributed by atoms with E-state index in [9.17, 15) is 9.59 Å². The Morgan fingerprint density at radius 2 is 1.92 bits per heavy atom. The third-order valence-electron chi connectivity index (χ3n) is 5.03. The number of para-hydroxylation sites is 1. The Balaban J connectivity index is 1.74. The molecule has 1 aromatic rings. The zero-order valence-electron chi connectivity index (χ0n) is 15.4. The van der Waals surface area contributed by atoms with Crippen LogP contribution in [0.15, 0.2) is 24.3 Å². The average molecular weight is 347 g/mol. The number of ether oxygens (including phenoxy) is 1. The van der Waals surface area contributed by atoms with Crippen LogP contribution >= 0.6 is 0 Å². The molecule has 0 saturated carbocycles. The summed E-state index contributed by atoms with van der Waals surface area (Å²) in [6, 6.07) is 8.33. The second-order valence-electron chi connectivity index (χ2n) is 6.54. The van der Waals surface area contributed by atoms with Gasteiger partial charge in [0.2, 0.25) is 11.8 Å². The van der Waals surface area contributed by atoms with Crippen molar-refractivity contribution in [1.29, 1.82) is 0 Å². The number of carbonyl (C=O) groups is 2. The Kier molecular flexibility index (Phi) is 7.25. The van der Waals surface area contributed by atoms with E-state index in [-0.39, 0.29) is 17.9 Å². The molecule has 0 radical (unpaired) electrons. The minimum absolute atomic E-state index is 0.0501. The highest BCUT2D eigenvalue weighted by molar-refractivity contribution is 5.76. The lowest BCUT2D eigenvalue weighted by molar-refractivity contribution is -0.122. The van der Waals surface area contributed by atoms with Crippen LogP contribution < -0.4 is 15.4 Å². The summed E-state index contributed by atoms with van der Waals surface area (Å²) in [7, 11) is 5.34. The molecule has 1 aliphatic heterocycles. The first-order valence-corrected chi connectivity index (χ1v) is 8.86. The molecule has 0 spiro atoms. The van der Waals surface area contributed by atoms with Crippen molar-refractivity contribution in [2.45, 2.75) is 44.2 Å². The van der Waals surface area contributed by atoms with Gasteiger partial charge in [-0.3, -0.25) is 14.5 Å². The summed E-state index contributed by atoms with van der Waals surface area (Å²) in [6.45, 7) is 0.630. The number of nitrogens with one attached hydrogen (secondary N) is 2. The van der Waals surface area contributed by atoms with Crippen LogP contribution in [0, 0.1) is 0 Å². The molecule has 1 saturated heterocycles. The Hall–Kier alpha value is -2.08. The minimum Gasteiger partial charge on any atom is -0.496 e. The number of hydrogen-bond acceptors (Lipinski definition) is 4. The van der Waals surface area contributed by atoms with E-state index in [4.69, 9.17) is 4.74 Å². The highest BCUT2D eigenvalue weighted by Crippen LogP contribution is 2.24. The fraction of sp³-hybridized carbons (Fsp3) is 0.579. The van der Waals surface area contributed by atoms with Crippen molar-refractivity contribution in [2.24, 2.45) is 0 Å². The molecule has 2 rings (SSSR count). The fourth-order valence-electron chi connectivity index (χ4n) is 3.38. The molecule has 1 heterocycles. The van der Waals surface area contributed by atoms with Crippen molar-refractivity contribution in [1.82, 2.24) is 15.5 Å². The molecule has 6 nitrogen and oxygen atoms in total. The molecule has 2 N–H and O–H groups in total. The van der Waals surface area contributed by atoms with E-state index < -0.39 is 0 Å². The normalized spacial score (nSPS) is 20.3. The zero-order chi connectivity index (χ0) is 18.2. The van der Waals surface area contributed by atoms with Crippen LogP contribution in [0.5, 0.6) is 5.75 Å². The molecular weight excluding hydrogens is 318 g/mol. The van der Waals surface area contributed by atoms with E-state index in [1.807, 2.05) is 31.3 Å². The van der Waals surface area contributed by atoms with E-state index in [2.05, 4.69) is 15.5 Å². The summed E-state index contributed by atoms with van der Waals surface area (Å²) in [6.07, 6.45) is 3.62. The summed E-state index contributed by atoms with van der Waals surface area (Å²) in [5.74, 6) is 0.940. The van der Waals surface area contributed by atoms with Crippen LogP contribution in [0.3, 0.4) is 0 Å². The molecule has 0 bridgehead atoms. The van der Waals surface area contributed by atoms with Gasteiger partial charge in [0.1, 0.15) is 5.75 Å². The monoisotopic (exact) mass is 347 g/mol. The molecule has 138 valence electrons. The SMILES string of the molecule is CNC(=O)C[C@H]1CC[C@@H](CNC(=O)CCc2ccccc2OC)N1C. The summed E-state index contributed by atoms with van der Waals surface area (Å²) >= 11 is 0. The van der Waals surface area contributed by atoms with Crippen LogP contribution in [-0.2, 0) is 16.0 Å². The standard InChI is InChI=1S/C19H29N3O3/c1-20-19(24)12-15-9-10-16(22(15)2)13-21-18(23)11-8-14-6-4-5-7-17(14)25-3/h4-7,15-16H,8-13H2,1-3H3,(H,20,24)(H,21,23)/t15-,16+/m1/s1. The number of likely N-dealkylation sites (tertiary alicyclic amines) is 1. The van der Waals surface area contributed by atoms with Crippen LogP contribution in [0.4, 0.5) is 0 Å². The lowest BCUT2D eigenvalue weighted by Gasteiger charge is -2.25. The molecule has 0 unspecified atom stereocenters. The second-order valence-corrected chi connectivity index (χ2v) is 6.54. The predicted molar refractivity (Wildman–Crippen MR) is 97.6 cm³/mol. The number of amides is 2. The zero-order valence-corrected chi connectivity index (χ0v) is 15.4. The van der Waals surface area contributed by atoms with Gasteiger partial charge in [-0.25, -0.2) is 0 Å². The maximum absolute atomic E-state index is 12.2. The van der Waals surface area contributed by atoms with Gasteiger partial charge in [-0.05, 0) is 37.9 Å². The lowest BCUT2D eigenvalue weighted by atomic mass is 10.1. The number of hydrogen-bond donors (Lipinski definition) is 2. The van der Waals surface area contributed by atoms with Crippen molar-refractivity contribution in [3.63, 3.8) is 0 Å². The van der Waals surface area contributed by atoms with E-state index in [0.717, 1.165) is 24.2 Å². The number of benzene rings is 1. The Morgan fingerprint density at radius 3 is 2.64 bits per heavy atom. The minimum atomic E-state index is 0.0501. The Bertz CT molecular complexity index is 591. The summed E-state index contributed by atoms with van der Waals surface area (Å²) in [4.78, 5) is 25.9. The quantitative estimate of drug-likeness (QED) is 0.745.